The SMILES string of the molecule is CO[C@@H]([C@H](C)O)[C@H](O)CC=O. The van der Waals surface area contributed by atoms with Crippen molar-refractivity contribution in [1.29, 1.82) is 0 Å². The van der Waals surface area contributed by atoms with E-state index >= 15 is 0 Å². The first-order valence-electron chi connectivity index (χ1n) is 3.46. The molecule has 0 bridgehead atoms. The number of hydrogen-bond acceptors (Lipinski definition) is 4. The molecule has 0 aliphatic carbocycles. The third kappa shape index (κ3) is 3.46. The van der Waals surface area contributed by atoms with E-state index in [9.17, 15) is 4.79 Å². The van der Waals surface area contributed by atoms with Gasteiger partial charge in [0, 0.05) is 13.5 Å². The molecule has 0 aromatic carbocycles. The summed E-state index contributed by atoms with van der Waals surface area (Å²) < 4.78 is 4.77. The number of methoxy groups -OCH3 is 1. The van der Waals surface area contributed by atoms with Crippen LogP contribution in [0.15, 0.2) is 0 Å². The number of hydrogen-bond donors (Lipinski definition) is 2. The van der Waals surface area contributed by atoms with Crippen molar-refractivity contribution in [2.75, 3.05) is 7.11 Å². The molecule has 0 radical (unpaired) electrons. The summed E-state index contributed by atoms with van der Waals surface area (Å²) in [6.45, 7) is 1.50. The topological polar surface area (TPSA) is 66.8 Å². The molecule has 0 saturated carbocycles. The summed E-state index contributed by atoms with van der Waals surface area (Å²) in [7, 11) is 1.38. The van der Waals surface area contributed by atoms with Crippen LogP contribution in [-0.2, 0) is 9.53 Å². The van der Waals surface area contributed by atoms with E-state index < -0.39 is 18.3 Å². The molecule has 2 N–H and O–H groups in total. The van der Waals surface area contributed by atoms with Gasteiger partial charge in [-0.15, -0.1) is 0 Å². The smallest absolute Gasteiger partial charge is 0.122 e. The molecule has 3 atom stereocenters. The Labute approximate surface area is 65.8 Å². The van der Waals surface area contributed by atoms with E-state index in [-0.39, 0.29) is 6.42 Å². The molecule has 0 aromatic heterocycles. The Morgan fingerprint density at radius 3 is 2.36 bits per heavy atom. The first-order chi connectivity index (χ1) is 5.13. The fourth-order valence-electron chi connectivity index (χ4n) is 0.908. The number of aldehydes is 1. The zero-order chi connectivity index (χ0) is 8.85. The summed E-state index contributed by atoms with van der Waals surface area (Å²) in [5.74, 6) is 0. The highest BCUT2D eigenvalue weighted by Gasteiger charge is 2.22. The van der Waals surface area contributed by atoms with E-state index in [0.717, 1.165) is 0 Å². The largest absolute Gasteiger partial charge is 0.391 e. The fourth-order valence-corrected chi connectivity index (χ4v) is 0.908. The van der Waals surface area contributed by atoms with E-state index in [1.165, 1.54) is 14.0 Å². The first kappa shape index (κ1) is 10.6. The number of carbonyl (C=O) groups is 1. The van der Waals surface area contributed by atoms with E-state index in [2.05, 4.69) is 0 Å². The van der Waals surface area contributed by atoms with E-state index in [1.807, 2.05) is 0 Å². The average Bonchev–Trinajstić information content (AvgIpc) is 1.88. The van der Waals surface area contributed by atoms with Gasteiger partial charge < -0.3 is 19.7 Å². The van der Waals surface area contributed by atoms with Crippen molar-refractivity contribution in [3.8, 4) is 0 Å². The van der Waals surface area contributed by atoms with Crippen molar-refractivity contribution >= 4 is 6.29 Å². The summed E-state index contributed by atoms with van der Waals surface area (Å²) in [5, 5.41) is 18.2. The molecule has 4 heteroatoms. The Morgan fingerprint density at radius 1 is 1.55 bits per heavy atom. The monoisotopic (exact) mass is 162 g/mol. The van der Waals surface area contributed by atoms with Crippen molar-refractivity contribution in [2.45, 2.75) is 31.7 Å². The zero-order valence-corrected chi connectivity index (χ0v) is 6.73. The van der Waals surface area contributed by atoms with Crippen LogP contribution in [0.3, 0.4) is 0 Å². The van der Waals surface area contributed by atoms with Crippen LogP contribution >= 0.6 is 0 Å². The zero-order valence-electron chi connectivity index (χ0n) is 6.73. The molecule has 0 unspecified atom stereocenters. The highest BCUT2D eigenvalue weighted by molar-refractivity contribution is 5.50. The van der Waals surface area contributed by atoms with Crippen LogP contribution in [0.4, 0.5) is 0 Å². The number of carbonyl (C=O) groups excluding carboxylic acids is 1. The minimum Gasteiger partial charge on any atom is -0.391 e. The van der Waals surface area contributed by atoms with Gasteiger partial charge in [0.1, 0.15) is 12.4 Å². The van der Waals surface area contributed by atoms with Crippen molar-refractivity contribution in [3.63, 3.8) is 0 Å². The molecule has 0 aliphatic rings. The summed E-state index contributed by atoms with van der Waals surface area (Å²) in [6, 6.07) is 0. The highest BCUT2D eigenvalue weighted by Crippen LogP contribution is 2.05. The molecular formula is C7H14O4. The lowest BCUT2D eigenvalue weighted by molar-refractivity contribution is -0.115. The fraction of sp³-hybridized carbons (Fsp3) is 0.857. The van der Waals surface area contributed by atoms with Gasteiger partial charge in [-0.3, -0.25) is 0 Å². The number of aliphatic hydroxyl groups excluding tert-OH is 2. The maximum Gasteiger partial charge on any atom is 0.122 e. The van der Waals surface area contributed by atoms with Gasteiger partial charge in [-0.1, -0.05) is 0 Å². The molecular weight excluding hydrogens is 148 g/mol. The Bertz CT molecular complexity index is 113. The molecule has 4 nitrogen and oxygen atoms in total. The lowest BCUT2D eigenvalue weighted by atomic mass is 10.1. The van der Waals surface area contributed by atoms with Crippen molar-refractivity contribution in [3.05, 3.63) is 0 Å². The number of aliphatic hydroxyl groups is 2. The van der Waals surface area contributed by atoms with Crippen LogP contribution in [0.25, 0.3) is 0 Å². The van der Waals surface area contributed by atoms with Crippen LogP contribution < -0.4 is 0 Å². The lowest BCUT2D eigenvalue weighted by Gasteiger charge is -2.22. The van der Waals surface area contributed by atoms with Gasteiger partial charge >= 0.3 is 0 Å². The molecule has 0 rings (SSSR count). The molecule has 0 aliphatic heterocycles. The Hall–Kier alpha value is -0.450. The average molecular weight is 162 g/mol. The standard InChI is InChI=1S/C7H14O4/c1-5(9)7(11-2)6(10)3-4-8/h4-7,9-10H,3H2,1-2H3/t5-,6+,7-/m0/s1. The molecule has 0 amide bonds. The molecule has 0 saturated heterocycles. The number of ether oxygens (including phenoxy) is 1. The summed E-state index contributed by atoms with van der Waals surface area (Å²) in [6.07, 6.45) is -1.78. The van der Waals surface area contributed by atoms with E-state index in [1.54, 1.807) is 0 Å². The van der Waals surface area contributed by atoms with Crippen LogP contribution in [0.5, 0.6) is 0 Å². The van der Waals surface area contributed by atoms with Gasteiger partial charge in [-0.05, 0) is 6.92 Å². The highest BCUT2D eigenvalue weighted by atomic mass is 16.5. The third-order valence-electron chi connectivity index (χ3n) is 1.46. The molecule has 0 heterocycles. The normalized spacial score (nSPS) is 18.9. The van der Waals surface area contributed by atoms with Gasteiger partial charge in [-0.2, -0.15) is 0 Å². The lowest BCUT2D eigenvalue weighted by Crippen LogP contribution is -2.37. The first-order valence-corrected chi connectivity index (χ1v) is 3.46. The molecule has 0 aromatic rings. The maximum absolute atomic E-state index is 9.96. The quantitative estimate of drug-likeness (QED) is 0.526. The van der Waals surface area contributed by atoms with E-state index in [4.69, 9.17) is 14.9 Å². The Balaban J connectivity index is 3.90. The third-order valence-corrected chi connectivity index (χ3v) is 1.46. The minimum absolute atomic E-state index is 0.0105. The maximum atomic E-state index is 9.96. The van der Waals surface area contributed by atoms with Crippen LogP contribution in [0, 0.1) is 0 Å². The second-order valence-electron chi connectivity index (χ2n) is 2.41. The molecule has 0 fully saturated rings. The van der Waals surface area contributed by atoms with Crippen LogP contribution in [-0.4, -0.2) is 41.9 Å². The van der Waals surface area contributed by atoms with Gasteiger partial charge in [0.15, 0.2) is 0 Å². The predicted molar refractivity (Wildman–Crippen MR) is 39.2 cm³/mol. The predicted octanol–water partition coefficient (Wildman–Crippen LogP) is -0.668. The van der Waals surface area contributed by atoms with Gasteiger partial charge in [0.25, 0.3) is 0 Å². The van der Waals surface area contributed by atoms with Crippen molar-refractivity contribution in [1.82, 2.24) is 0 Å². The Morgan fingerprint density at radius 2 is 2.09 bits per heavy atom. The van der Waals surface area contributed by atoms with Gasteiger partial charge in [0.2, 0.25) is 0 Å². The molecule has 11 heavy (non-hydrogen) atoms. The Kier molecular flexibility index (Phi) is 5.02. The van der Waals surface area contributed by atoms with Crippen molar-refractivity contribution in [2.24, 2.45) is 0 Å². The van der Waals surface area contributed by atoms with Gasteiger partial charge in [-0.25, -0.2) is 0 Å². The number of rotatable bonds is 5. The summed E-state index contributed by atoms with van der Waals surface area (Å²) >= 11 is 0. The summed E-state index contributed by atoms with van der Waals surface area (Å²) in [4.78, 5) is 9.96. The minimum atomic E-state index is -0.919. The second kappa shape index (κ2) is 5.23. The van der Waals surface area contributed by atoms with E-state index in [0.29, 0.717) is 6.29 Å². The molecule has 66 valence electrons. The van der Waals surface area contributed by atoms with Crippen LogP contribution in [0.2, 0.25) is 0 Å². The molecule has 0 spiro atoms. The second-order valence-corrected chi connectivity index (χ2v) is 2.41. The van der Waals surface area contributed by atoms with Crippen molar-refractivity contribution < 1.29 is 19.7 Å². The summed E-state index contributed by atoms with van der Waals surface area (Å²) in [5.41, 5.74) is 0. The van der Waals surface area contributed by atoms with Gasteiger partial charge in [0.05, 0.1) is 12.2 Å². The van der Waals surface area contributed by atoms with Crippen LogP contribution in [0.1, 0.15) is 13.3 Å².